The molecule has 0 aliphatic carbocycles. The van der Waals surface area contributed by atoms with E-state index in [1.165, 1.54) is 53.6 Å². The molecular formula is C55H79ClN8O13S. The zero-order valence-electron chi connectivity index (χ0n) is 46.3. The minimum atomic E-state index is -1.69. The zero-order valence-corrected chi connectivity index (χ0v) is 47.9. The first kappa shape index (κ1) is 62.9. The van der Waals surface area contributed by atoms with Crippen LogP contribution in [-0.4, -0.2) is 164 Å². The summed E-state index contributed by atoms with van der Waals surface area (Å²) in [6, 6.07) is 1.33. The van der Waals surface area contributed by atoms with Gasteiger partial charge in [0.05, 0.1) is 25.3 Å². The molecule has 0 aromatic heterocycles. The smallest absolute Gasteiger partial charge is 0.409 e. The molecule has 78 heavy (non-hydrogen) atoms. The highest BCUT2D eigenvalue weighted by Gasteiger charge is 2.64. The predicted molar refractivity (Wildman–Crippen MR) is 296 cm³/mol. The van der Waals surface area contributed by atoms with Crippen LogP contribution in [-0.2, 0) is 54.2 Å². The van der Waals surface area contributed by atoms with Gasteiger partial charge in [-0.1, -0.05) is 55.8 Å². The summed E-state index contributed by atoms with van der Waals surface area (Å²) in [6.07, 6.45) is 7.97. The van der Waals surface area contributed by atoms with E-state index < -0.39 is 102 Å². The molecule has 430 valence electrons. The molecule has 4 bridgehead atoms. The van der Waals surface area contributed by atoms with Crippen LogP contribution >= 0.6 is 23.4 Å². The number of nitrogens with one attached hydrogen (secondary N) is 4. The summed E-state index contributed by atoms with van der Waals surface area (Å²) in [6.45, 7) is 13.1. The lowest BCUT2D eigenvalue weighted by atomic mass is 9.82. The van der Waals surface area contributed by atoms with E-state index in [9.17, 15) is 43.5 Å². The zero-order chi connectivity index (χ0) is 57.6. The quantitative estimate of drug-likeness (QED) is 0.0543. The van der Waals surface area contributed by atoms with Crippen molar-refractivity contribution >= 4 is 76.6 Å². The largest absolute Gasteiger partial charge is 0.495 e. The van der Waals surface area contributed by atoms with Gasteiger partial charge in [0.25, 0.3) is 5.91 Å². The van der Waals surface area contributed by atoms with Crippen molar-refractivity contribution in [1.82, 2.24) is 31.1 Å². The molecule has 7 amide bonds. The van der Waals surface area contributed by atoms with E-state index in [0.717, 1.165) is 11.1 Å². The number of nitrogens with zero attached hydrogens (tertiary/aromatic N) is 3. The number of nitrogens with two attached hydrogens (primary N) is 1. The Balaban J connectivity index is 1.31. The second-order valence-corrected chi connectivity index (χ2v) is 22.1. The average Bonchev–Trinajstić information content (AvgIpc) is 4.16. The molecule has 0 saturated carbocycles. The van der Waals surface area contributed by atoms with Gasteiger partial charge in [-0.2, -0.15) is 11.8 Å². The third kappa shape index (κ3) is 16.3. The monoisotopic (exact) mass is 1130 g/mol. The molecule has 4 aliphatic rings. The number of carbonyl (C=O) groups is 8. The van der Waals surface area contributed by atoms with Gasteiger partial charge in [0.1, 0.15) is 46.4 Å². The molecule has 2 saturated heterocycles. The second kappa shape index (κ2) is 28.3. The number of alkyl carbamates (subject to hydrolysis) is 1. The number of benzene rings is 1. The first-order valence-corrected chi connectivity index (χ1v) is 28.2. The van der Waals surface area contributed by atoms with Crippen molar-refractivity contribution in [3.05, 3.63) is 70.9 Å². The molecule has 9 unspecified atom stereocenters. The Morgan fingerprint density at radius 3 is 2.47 bits per heavy atom. The minimum Gasteiger partial charge on any atom is -0.495 e. The lowest BCUT2D eigenvalue weighted by Gasteiger charge is -2.41. The highest BCUT2D eigenvalue weighted by Crippen LogP contribution is 2.49. The summed E-state index contributed by atoms with van der Waals surface area (Å²) in [5.74, 6) is -4.75. The number of aliphatic hydroxyl groups is 1. The van der Waals surface area contributed by atoms with Crippen molar-refractivity contribution in [2.75, 3.05) is 64.3 Å². The molecule has 0 radical (unpaired) electrons. The standard InChI is InChI=1S/C55H79ClN8O13S/c1-32-14-13-15-33(2)55(73)31-42(75-53(72)61-55)35(4)49-54(6,77-49)43(30-47(68)63(8)40-27-37(26-32)28-41(74-9)48(40)56)76-52(71)36(5)62(7)46(67)29-38(20-25-78-10)50(69)60-39(16-11-12-21-57)51(70)59-23-22-58-44(65)19-24-64-34(3)17-18-45(64)66/h13-15,17-18,27-28,33,35-36,38-39,42-43,49,73H,3,11-12,16,19-26,29-31,57H2,1-2,4-10H3,(H,58,65)(H,59,70)(H,60,69)(H,61,72)/b15-13+,32-14+/t33?,35?,36-,38?,39?,42?,43?,49?,54?,55?/m0/s1. The van der Waals surface area contributed by atoms with Gasteiger partial charge >= 0.3 is 12.1 Å². The maximum atomic E-state index is 14.5. The van der Waals surface area contributed by atoms with E-state index in [2.05, 4.69) is 27.8 Å². The lowest BCUT2D eigenvalue weighted by Crippen LogP contribution is -2.60. The van der Waals surface area contributed by atoms with Gasteiger partial charge in [-0.25, -0.2) is 9.59 Å². The van der Waals surface area contributed by atoms with Crippen LogP contribution in [0.25, 0.3) is 0 Å². The Labute approximate surface area is 466 Å². The van der Waals surface area contributed by atoms with Crippen molar-refractivity contribution in [2.24, 2.45) is 23.5 Å². The number of ether oxygens (including phenoxy) is 4. The fraction of sp³-hybridized carbons (Fsp3) is 0.600. The van der Waals surface area contributed by atoms with Crippen LogP contribution in [0.2, 0.25) is 5.02 Å². The first-order valence-electron chi connectivity index (χ1n) is 26.4. The van der Waals surface area contributed by atoms with Crippen molar-refractivity contribution in [1.29, 1.82) is 0 Å². The van der Waals surface area contributed by atoms with E-state index in [4.69, 9.17) is 36.3 Å². The molecule has 0 spiro atoms. The third-order valence-electron chi connectivity index (χ3n) is 15.0. The summed E-state index contributed by atoms with van der Waals surface area (Å²) in [5, 5.41) is 22.9. The van der Waals surface area contributed by atoms with E-state index in [-0.39, 0.29) is 68.6 Å². The molecule has 10 atom stereocenters. The number of unbranched alkanes of at least 4 members (excludes halogenated alkanes) is 1. The van der Waals surface area contributed by atoms with Crippen molar-refractivity contribution in [2.45, 2.75) is 134 Å². The van der Waals surface area contributed by atoms with Crippen LogP contribution < -0.4 is 36.6 Å². The predicted octanol–water partition coefficient (Wildman–Crippen LogP) is 4.04. The van der Waals surface area contributed by atoms with Crippen LogP contribution in [0.4, 0.5) is 10.5 Å². The van der Waals surface area contributed by atoms with Gasteiger partial charge in [-0.3, -0.25) is 34.1 Å². The Morgan fingerprint density at radius 2 is 1.81 bits per heavy atom. The topological polar surface area (TPSA) is 281 Å². The van der Waals surface area contributed by atoms with Crippen LogP contribution in [0.1, 0.15) is 91.5 Å². The number of carbonyl (C=O) groups excluding carboxylic acids is 8. The maximum absolute atomic E-state index is 14.5. The van der Waals surface area contributed by atoms with E-state index in [0.29, 0.717) is 48.7 Å². The Kier molecular flexibility index (Phi) is 22.8. The number of fused-ring (bicyclic) bond motifs is 5. The molecule has 1 aromatic rings. The van der Waals surface area contributed by atoms with Crippen molar-refractivity contribution < 1.29 is 62.4 Å². The number of epoxide rings is 1. The average molecular weight is 1130 g/mol. The van der Waals surface area contributed by atoms with Gasteiger partial charge in [0.2, 0.25) is 29.5 Å². The van der Waals surface area contributed by atoms with Crippen LogP contribution in [0, 0.1) is 17.8 Å². The number of hydrogen-bond donors (Lipinski definition) is 6. The molecule has 1 aromatic carbocycles. The van der Waals surface area contributed by atoms with Gasteiger partial charge in [-0.15, -0.1) is 0 Å². The van der Waals surface area contributed by atoms with Crippen LogP contribution in [0.15, 0.2) is 60.4 Å². The number of hydrogen-bond acceptors (Lipinski definition) is 15. The Hall–Kier alpha value is -5.94. The molecular weight excluding hydrogens is 1050 g/mol. The van der Waals surface area contributed by atoms with E-state index >= 15 is 0 Å². The fourth-order valence-corrected chi connectivity index (χ4v) is 10.5. The second-order valence-electron chi connectivity index (χ2n) is 20.8. The molecule has 4 heterocycles. The van der Waals surface area contributed by atoms with Gasteiger partial charge in [0.15, 0.2) is 0 Å². The minimum absolute atomic E-state index is 0.00906. The molecule has 23 heteroatoms. The molecule has 5 rings (SSSR count). The normalized spacial score (nSPS) is 26.5. The highest BCUT2D eigenvalue weighted by molar-refractivity contribution is 7.98. The number of allylic oxidation sites excluding steroid dienone is 4. The van der Waals surface area contributed by atoms with Gasteiger partial charge in [0, 0.05) is 82.5 Å². The summed E-state index contributed by atoms with van der Waals surface area (Å²) < 4.78 is 23.9. The van der Waals surface area contributed by atoms with Gasteiger partial charge < -0.3 is 60.4 Å². The fourth-order valence-electron chi connectivity index (χ4n) is 9.67. The summed E-state index contributed by atoms with van der Waals surface area (Å²) in [7, 11) is 4.42. The molecule has 2 fully saturated rings. The number of rotatable bonds is 22. The first-order chi connectivity index (χ1) is 36.9. The molecule has 21 nitrogen and oxygen atoms in total. The van der Waals surface area contributed by atoms with Crippen molar-refractivity contribution in [3.8, 4) is 5.75 Å². The summed E-state index contributed by atoms with van der Waals surface area (Å²) in [5.41, 5.74) is 5.28. The number of thioether (sulfide) groups is 1. The molecule has 4 aliphatic heterocycles. The van der Waals surface area contributed by atoms with E-state index in [1.54, 1.807) is 52.1 Å². The SMILES string of the molecule is C=C1C=CC(=O)N1CCC(=O)NCCNC(=O)C(CCCCN)NC(=O)C(CCSC)CC(=O)N(C)[C@@H](C)C(=O)OC1CC(=O)N(C)c2cc(cc(OC)c2Cl)C/C(C)=C/C=C/C(C)C2(O)CC(OC(=O)N2)C(C)C2OC12C. The Bertz CT molecular complexity index is 2490. The lowest BCUT2D eigenvalue weighted by molar-refractivity contribution is -0.162. The number of amides is 7. The summed E-state index contributed by atoms with van der Waals surface area (Å²) >= 11 is 8.31. The van der Waals surface area contributed by atoms with Crippen LogP contribution in [0.3, 0.4) is 0 Å². The Morgan fingerprint density at radius 1 is 1.09 bits per heavy atom. The number of likely N-dealkylation sites (N-methyl/N-ethyl adjacent to an activating group) is 1. The number of methoxy groups -OCH3 is 1. The van der Waals surface area contributed by atoms with Crippen molar-refractivity contribution in [3.63, 3.8) is 0 Å². The highest BCUT2D eigenvalue weighted by atomic mass is 35.5. The number of halogens is 1. The van der Waals surface area contributed by atoms with Crippen LogP contribution in [0.5, 0.6) is 5.75 Å². The number of anilines is 1. The molecule has 7 N–H and O–H groups in total. The maximum Gasteiger partial charge on any atom is 0.409 e. The summed E-state index contributed by atoms with van der Waals surface area (Å²) in [4.78, 5) is 112. The van der Waals surface area contributed by atoms with Gasteiger partial charge in [-0.05, 0) is 95.2 Å². The third-order valence-corrected chi connectivity index (χ3v) is 16.1. The number of esters is 1. The van der Waals surface area contributed by atoms with E-state index in [1.807, 2.05) is 25.3 Å².